The molecule has 0 aromatic heterocycles. The highest BCUT2D eigenvalue weighted by atomic mass is 16.5. The second kappa shape index (κ2) is 8.12. The molecule has 0 atom stereocenters. The smallest absolute Gasteiger partial charge is 0.238 e. The maximum absolute atomic E-state index is 11.2. The number of nitrogens with two attached hydrogens (primary N) is 1. The summed E-state index contributed by atoms with van der Waals surface area (Å²) in [7, 11) is 2.09. The number of likely N-dealkylation sites (N-methyl/N-ethyl adjacent to an activating group) is 1. The molecule has 1 aromatic carbocycles. The van der Waals surface area contributed by atoms with Gasteiger partial charge in [0, 0.05) is 19.7 Å². The first kappa shape index (κ1) is 15.9. The van der Waals surface area contributed by atoms with Crippen LogP contribution in [0.5, 0.6) is 0 Å². The fraction of sp³-hybridized carbons (Fsp3) is 0.562. The molecule has 3 N–H and O–H groups in total. The van der Waals surface area contributed by atoms with Crippen molar-refractivity contribution in [3.8, 4) is 0 Å². The monoisotopic (exact) mass is 291 g/mol. The molecule has 0 bridgehead atoms. The summed E-state index contributed by atoms with van der Waals surface area (Å²) in [5.41, 5.74) is 4.34. The summed E-state index contributed by atoms with van der Waals surface area (Å²) in [5.74, 6) is 5.73. The topological polar surface area (TPSA) is 67.6 Å². The predicted molar refractivity (Wildman–Crippen MR) is 82.4 cm³/mol. The van der Waals surface area contributed by atoms with Crippen molar-refractivity contribution in [3.05, 3.63) is 35.4 Å². The molecule has 116 valence electrons. The Hall–Kier alpha value is -1.43. The predicted octanol–water partition coefficient (Wildman–Crippen LogP) is 1.08. The SMILES string of the molecule is CN(CCOCC1CC1)Cc1ccc(CC(=O)NN)cc1. The van der Waals surface area contributed by atoms with Gasteiger partial charge in [-0.05, 0) is 36.9 Å². The van der Waals surface area contributed by atoms with Gasteiger partial charge < -0.3 is 4.74 Å². The molecule has 1 fully saturated rings. The van der Waals surface area contributed by atoms with Crippen LogP contribution in [0.3, 0.4) is 0 Å². The lowest BCUT2D eigenvalue weighted by Crippen LogP contribution is -2.31. The summed E-state index contributed by atoms with van der Waals surface area (Å²) in [6, 6.07) is 8.06. The zero-order valence-corrected chi connectivity index (χ0v) is 12.7. The third-order valence-electron chi connectivity index (χ3n) is 3.67. The largest absolute Gasteiger partial charge is 0.380 e. The molecule has 0 radical (unpaired) electrons. The van der Waals surface area contributed by atoms with Crippen molar-refractivity contribution in [1.29, 1.82) is 0 Å². The van der Waals surface area contributed by atoms with E-state index in [0.717, 1.165) is 37.8 Å². The molecule has 1 aromatic rings. The van der Waals surface area contributed by atoms with Crippen molar-refractivity contribution in [3.63, 3.8) is 0 Å². The molecule has 21 heavy (non-hydrogen) atoms. The Morgan fingerprint density at radius 1 is 1.33 bits per heavy atom. The van der Waals surface area contributed by atoms with Gasteiger partial charge in [0.1, 0.15) is 0 Å². The Kier molecular flexibility index (Phi) is 6.17. The highest BCUT2D eigenvalue weighted by Gasteiger charge is 2.20. The number of hydrazine groups is 1. The van der Waals surface area contributed by atoms with E-state index in [1.807, 2.05) is 12.1 Å². The van der Waals surface area contributed by atoms with E-state index in [4.69, 9.17) is 10.6 Å². The van der Waals surface area contributed by atoms with E-state index in [0.29, 0.717) is 6.42 Å². The number of hydrogen-bond acceptors (Lipinski definition) is 4. The summed E-state index contributed by atoms with van der Waals surface area (Å²) in [4.78, 5) is 13.4. The van der Waals surface area contributed by atoms with Crippen LogP contribution in [-0.4, -0.2) is 37.6 Å². The maximum atomic E-state index is 11.2. The maximum Gasteiger partial charge on any atom is 0.238 e. The van der Waals surface area contributed by atoms with E-state index in [9.17, 15) is 4.79 Å². The highest BCUT2D eigenvalue weighted by Crippen LogP contribution is 2.28. The molecule has 1 aliphatic carbocycles. The average molecular weight is 291 g/mol. The Morgan fingerprint density at radius 2 is 2.00 bits per heavy atom. The Bertz CT molecular complexity index is 443. The first-order chi connectivity index (χ1) is 10.2. The van der Waals surface area contributed by atoms with E-state index in [2.05, 4.69) is 29.5 Å². The van der Waals surface area contributed by atoms with Gasteiger partial charge in [0.25, 0.3) is 0 Å². The second-order valence-electron chi connectivity index (χ2n) is 5.82. The fourth-order valence-electron chi connectivity index (χ4n) is 2.14. The first-order valence-corrected chi connectivity index (χ1v) is 7.51. The van der Waals surface area contributed by atoms with Crippen LogP contribution in [0.4, 0.5) is 0 Å². The number of rotatable bonds is 9. The normalized spacial score (nSPS) is 14.4. The molecule has 0 unspecified atom stereocenters. The molecule has 2 rings (SSSR count). The fourth-order valence-corrected chi connectivity index (χ4v) is 2.14. The molecule has 0 saturated heterocycles. The number of amides is 1. The number of benzene rings is 1. The molecule has 1 aliphatic rings. The van der Waals surface area contributed by atoms with Crippen LogP contribution in [0, 0.1) is 5.92 Å². The Balaban J connectivity index is 1.67. The molecule has 1 saturated carbocycles. The van der Waals surface area contributed by atoms with Crippen LogP contribution < -0.4 is 11.3 Å². The van der Waals surface area contributed by atoms with Gasteiger partial charge in [-0.15, -0.1) is 0 Å². The molecule has 0 spiro atoms. The van der Waals surface area contributed by atoms with E-state index in [1.54, 1.807) is 0 Å². The van der Waals surface area contributed by atoms with Crippen molar-refractivity contribution < 1.29 is 9.53 Å². The zero-order valence-electron chi connectivity index (χ0n) is 12.7. The number of ether oxygens (including phenoxy) is 1. The van der Waals surface area contributed by atoms with E-state index in [1.165, 1.54) is 18.4 Å². The van der Waals surface area contributed by atoms with Crippen molar-refractivity contribution in [2.24, 2.45) is 11.8 Å². The van der Waals surface area contributed by atoms with Crippen LogP contribution in [0.1, 0.15) is 24.0 Å². The minimum absolute atomic E-state index is 0.173. The standard InChI is InChI=1S/C16H25N3O2/c1-19(8-9-21-12-15-6-7-15)11-14-4-2-13(3-5-14)10-16(20)18-17/h2-5,15H,6-12,17H2,1H3,(H,18,20). The van der Waals surface area contributed by atoms with E-state index in [-0.39, 0.29) is 5.91 Å². The van der Waals surface area contributed by atoms with Crippen LogP contribution in [0.2, 0.25) is 0 Å². The van der Waals surface area contributed by atoms with Gasteiger partial charge in [0.15, 0.2) is 0 Å². The van der Waals surface area contributed by atoms with Crippen LogP contribution in [-0.2, 0) is 22.5 Å². The Morgan fingerprint density at radius 3 is 2.62 bits per heavy atom. The molecule has 1 amide bonds. The van der Waals surface area contributed by atoms with Gasteiger partial charge in [0.2, 0.25) is 5.91 Å². The van der Waals surface area contributed by atoms with Crippen LogP contribution in [0.15, 0.2) is 24.3 Å². The van der Waals surface area contributed by atoms with E-state index >= 15 is 0 Å². The molecule has 0 heterocycles. The molecule has 0 aliphatic heterocycles. The van der Waals surface area contributed by atoms with Crippen LogP contribution in [0.25, 0.3) is 0 Å². The van der Waals surface area contributed by atoms with Crippen molar-refractivity contribution >= 4 is 5.91 Å². The molecule has 5 nitrogen and oxygen atoms in total. The lowest BCUT2D eigenvalue weighted by atomic mass is 10.1. The minimum Gasteiger partial charge on any atom is -0.380 e. The second-order valence-corrected chi connectivity index (χ2v) is 5.82. The number of carbonyl (C=O) groups is 1. The Labute approximate surface area is 126 Å². The number of nitrogens with zero attached hydrogens (tertiary/aromatic N) is 1. The zero-order chi connectivity index (χ0) is 15.1. The van der Waals surface area contributed by atoms with Gasteiger partial charge in [-0.2, -0.15) is 0 Å². The lowest BCUT2D eigenvalue weighted by Gasteiger charge is -2.17. The first-order valence-electron chi connectivity index (χ1n) is 7.51. The van der Waals surface area contributed by atoms with Crippen molar-refractivity contribution in [2.75, 3.05) is 26.8 Å². The van der Waals surface area contributed by atoms with Gasteiger partial charge >= 0.3 is 0 Å². The minimum atomic E-state index is -0.173. The summed E-state index contributed by atoms with van der Waals surface area (Å²) in [6.45, 7) is 3.54. The van der Waals surface area contributed by atoms with Gasteiger partial charge in [-0.25, -0.2) is 5.84 Å². The average Bonchev–Trinajstić information content (AvgIpc) is 3.30. The van der Waals surface area contributed by atoms with Gasteiger partial charge in [0.05, 0.1) is 13.0 Å². The molecule has 5 heteroatoms. The summed E-state index contributed by atoms with van der Waals surface area (Å²) in [6.07, 6.45) is 3.00. The number of hydrogen-bond donors (Lipinski definition) is 2. The van der Waals surface area contributed by atoms with Gasteiger partial charge in [-0.3, -0.25) is 15.1 Å². The van der Waals surface area contributed by atoms with Crippen molar-refractivity contribution in [1.82, 2.24) is 10.3 Å². The molecular weight excluding hydrogens is 266 g/mol. The third kappa shape index (κ3) is 6.25. The summed E-state index contributed by atoms with van der Waals surface area (Å²) >= 11 is 0. The van der Waals surface area contributed by atoms with Crippen LogP contribution >= 0.6 is 0 Å². The summed E-state index contributed by atoms with van der Waals surface area (Å²) in [5, 5.41) is 0. The quantitative estimate of drug-likeness (QED) is 0.309. The lowest BCUT2D eigenvalue weighted by molar-refractivity contribution is -0.120. The van der Waals surface area contributed by atoms with Crippen molar-refractivity contribution in [2.45, 2.75) is 25.8 Å². The molecular formula is C16H25N3O2. The number of carbonyl (C=O) groups excluding carboxylic acids is 1. The van der Waals surface area contributed by atoms with E-state index < -0.39 is 0 Å². The summed E-state index contributed by atoms with van der Waals surface area (Å²) < 4.78 is 5.64. The van der Waals surface area contributed by atoms with Gasteiger partial charge in [-0.1, -0.05) is 24.3 Å². The number of nitrogens with one attached hydrogen (secondary N) is 1. The third-order valence-corrected chi connectivity index (χ3v) is 3.67. The highest BCUT2D eigenvalue weighted by molar-refractivity contribution is 5.77.